The van der Waals surface area contributed by atoms with Gasteiger partial charge in [0.15, 0.2) is 0 Å². The van der Waals surface area contributed by atoms with Gasteiger partial charge in [0.05, 0.1) is 12.3 Å². The highest BCUT2D eigenvalue weighted by Gasteiger charge is 2.31. The molecule has 4 rings (SSSR count). The van der Waals surface area contributed by atoms with Crippen molar-refractivity contribution < 1.29 is 9.47 Å². The second-order valence-corrected chi connectivity index (χ2v) is 7.90. The number of hydrogen-bond acceptors (Lipinski definition) is 4. The van der Waals surface area contributed by atoms with Crippen LogP contribution in [0.1, 0.15) is 43.1 Å². The van der Waals surface area contributed by atoms with Crippen LogP contribution in [0, 0.1) is 5.92 Å². The topological polar surface area (TPSA) is 48.3 Å². The van der Waals surface area contributed by atoms with Crippen LogP contribution in [0.5, 0.6) is 5.75 Å². The van der Waals surface area contributed by atoms with Gasteiger partial charge in [0, 0.05) is 50.8 Å². The van der Waals surface area contributed by atoms with Crippen molar-refractivity contribution in [3.8, 4) is 5.75 Å². The summed E-state index contributed by atoms with van der Waals surface area (Å²) >= 11 is 0. The summed E-state index contributed by atoms with van der Waals surface area (Å²) < 4.78 is 13.7. The molecular weight excluding hydrogens is 314 g/mol. The number of nitrogens with zero attached hydrogens (tertiary/aromatic N) is 2. The van der Waals surface area contributed by atoms with Crippen LogP contribution in [0.15, 0.2) is 30.6 Å². The monoisotopic (exact) mass is 341 g/mol. The fourth-order valence-corrected chi connectivity index (χ4v) is 3.97. The van der Waals surface area contributed by atoms with Gasteiger partial charge in [-0.05, 0) is 37.5 Å². The lowest BCUT2D eigenvalue weighted by molar-refractivity contribution is 0.0904. The van der Waals surface area contributed by atoms with E-state index in [1.807, 2.05) is 17.9 Å². The molecule has 0 aliphatic carbocycles. The molecule has 0 amide bonds. The quantitative estimate of drug-likeness (QED) is 0.908. The van der Waals surface area contributed by atoms with Crippen molar-refractivity contribution in [2.75, 3.05) is 13.2 Å². The van der Waals surface area contributed by atoms with Gasteiger partial charge in [-0.15, -0.1) is 0 Å². The molecule has 0 saturated carbocycles. The van der Waals surface area contributed by atoms with Crippen molar-refractivity contribution in [3.05, 3.63) is 47.3 Å². The van der Waals surface area contributed by atoms with Crippen LogP contribution >= 0.6 is 0 Å². The second-order valence-electron chi connectivity index (χ2n) is 7.90. The Hall–Kier alpha value is -1.85. The van der Waals surface area contributed by atoms with Crippen LogP contribution < -0.4 is 10.1 Å². The van der Waals surface area contributed by atoms with E-state index in [1.54, 1.807) is 0 Å². The third kappa shape index (κ3) is 3.58. The maximum absolute atomic E-state index is 5.96. The molecule has 5 nitrogen and oxygen atoms in total. The summed E-state index contributed by atoms with van der Waals surface area (Å²) in [5, 5.41) is 7.89. The highest BCUT2D eigenvalue weighted by Crippen LogP contribution is 2.36. The number of fused-ring (bicyclic) bond motifs is 1. The van der Waals surface area contributed by atoms with Crippen molar-refractivity contribution in [1.29, 1.82) is 0 Å². The van der Waals surface area contributed by atoms with Gasteiger partial charge in [-0.1, -0.05) is 12.1 Å². The molecule has 0 radical (unpaired) electrons. The molecule has 2 atom stereocenters. The first-order valence-corrected chi connectivity index (χ1v) is 9.12. The first-order valence-electron chi connectivity index (χ1n) is 9.12. The smallest absolute Gasteiger partial charge is 0.123 e. The van der Waals surface area contributed by atoms with Crippen LogP contribution in [0.25, 0.3) is 0 Å². The molecule has 1 aromatic heterocycles. The second kappa shape index (κ2) is 6.46. The van der Waals surface area contributed by atoms with E-state index in [0.717, 1.165) is 38.3 Å². The van der Waals surface area contributed by atoms with Crippen molar-refractivity contribution in [2.45, 2.75) is 44.9 Å². The molecule has 0 bridgehead atoms. The Balaban J connectivity index is 1.34. The minimum absolute atomic E-state index is 0.0769. The van der Waals surface area contributed by atoms with Crippen LogP contribution in [-0.2, 0) is 24.8 Å². The highest BCUT2D eigenvalue weighted by atomic mass is 16.5. The van der Waals surface area contributed by atoms with E-state index in [0.29, 0.717) is 5.92 Å². The third-order valence-corrected chi connectivity index (χ3v) is 5.13. The van der Waals surface area contributed by atoms with Gasteiger partial charge < -0.3 is 14.8 Å². The van der Waals surface area contributed by atoms with Gasteiger partial charge in [-0.2, -0.15) is 5.10 Å². The number of aromatic nitrogens is 2. The number of hydrogen-bond donors (Lipinski definition) is 1. The summed E-state index contributed by atoms with van der Waals surface area (Å²) in [6.45, 7) is 6.95. The minimum atomic E-state index is -0.0769. The van der Waals surface area contributed by atoms with E-state index >= 15 is 0 Å². The normalized spacial score (nSPS) is 24.3. The molecular formula is C20H27N3O2. The molecule has 1 N–H and O–H groups in total. The molecule has 5 heteroatoms. The fraction of sp³-hybridized carbons (Fsp3) is 0.550. The molecule has 1 fully saturated rings. The highest BCUT2D eigenvalue weighted by molar-refractivity contribution is 5.41. The van der Waals surface area contributed by atoms with Gasteiger partial charge in [-0.3, -0.25) is 4.68 Å². The summed E-state index contributed by atoms with van der Waals surface area (Å²) in [7, 11) is 1.95. The Labute approximate surface area is 149 Å². The summed E-state index contributed by atoms with van der Waals surface area (Å²) in [6.07, 6.45) is 6.22. The van der Waals surface area contributed by atoms with Crippen LogP contribution in [0.2, 0.25) is 0 Å². The summed E-state index contributed by atoms with van der Waals surface area (Å²) in [5.74, 6) is 1.54. The zero-order valence-electron chi connectivity index (χ0n) is 15.3. The zero-order valence-corrected chi connectivity index (χ0v) is 15.3. The van der Waals surface area contributed by atoms with E-state index < -0.39 is 0 Å². The van der Waals surface area contributed by atoms with E-state index in [-0.39, 0.29) is 11.7 Å². The Morgan fingerprint density at radius 1 is 1.36 bits per heavy atom. The number of benzene rings is 1. The largest absolute Gasteiger partial charge is 0.487 e. The Bertz CT molecular complexity index is 753. The van der Waals surface area contributed by atoms with Crippen molar-refractivity contribution >= 4 is 0 Å². The predicted molar refractivity (Wildman–Crippen MR) is 96.6 cm³/mol. The predicted octanol–water partition coefficient (Wildman–Crippen LogP) is 3.00. The molecule has 134 valence electrons. The van der Waals surface area contributed by atoms with E-state index in [1.165, 1.54) is 16.7 Å². The van der Waals surface area contributed by atoms with Crippen molar-refractivity contribution in [3.63, 3.8) is 0 Å². The zero-order chi connectivity index (χ0) is 17.4. The minimum Gasteiger partial charge on any atom is -0.487 e. The molecule has 0 spiro atoms. The molecule has 2 aliphatic rings. The standard InChI is InChI=1S/C20H27N3O2/c1-20(2)9-16-8-14(4-5-18(16)25-20)10-21-11-15-6-7-24-19(15)17-12-22-23(3)13-17/h4-5,8,12-13,15,19,21H,6-7,9-11H2,1-3H3/t15-,19+/m0/s1. The molecule has 1 aromatic carbocycles. The average Bonchev–Trinajstić information content (AvgIpc) is 3.24. The average molecular weight is 341 g/mol. The van der Waals surface area contributed by atoms with Crippen LogP contribution in [-0.4, -0.2) is 28.5 Å². The first kappa shape index (κ1) is 16.6. The van der Waals surface area contributed by atoms with Gasteiger partial charge in [-0.25, -0.2) is 0 Å². The van der Waals surface area contributed by atoms with E-state index in [2.05, 4.69) is 48.7 Å². The Morgan fingerprint density at radius 2 is 2.24 bits per heavy atom. The van der Waals surface area contributed by atoms with Crippen molar-refractivity contribution in [1.82, 2.24) is 15.1 Å². The lowest BCUT2D eigenvalue weighted by Gasteiger charge is -2.18. The van der Waals surface area contributed by atoms with E-state index in [4.69, 9.17) is 9.47 Å². The Morgan fingerprint density at radius 3 is 3.04 bits per heavy atom. The summed E-state index contributed by atoms with van der Waals surface area (Å²) in [5.41, 5.74) is 3.74. The van der Waals surface area contributed by atoms with Gasteiger partial charge in [0.25, 0.3) is 0 Å². The first-order chi connectivity index (χ1) is 12.0. The number of aryl methyl sites for hydroxylation is 1. The Kier molecular flexibility index (Phi) is 4.29. The molecule has 0 unspecified atom stereocenters. The maximum Gasteiger partial charge on any atom is 0.123 e. The molecule has 2 aliphatic heterocycles. The van der Waals surface area contributed by atoms with Gasteiger partial charge >= 0.3 is 0 Å². The molecule has 25 heavy (non-hydrogen) atoms. The lowest BCUT2D eigenvalue weighted by Crippen LogP contribution is -2.24. The molecule has 2 aromatic rings. The van der Waals surface area contributed by atoms with Crippen LogP contribution in [0.4, 0.5) is 0 Å². The fourth-order valence-electron chi connectivity index (χ4n) is 3.97. The maximum atomic E-state index is 5.96. The SMILES string of the molecule is Cn1cc([C@@H]2OCC[C@H]2CNCc2ccc3c(c2)CC(C)(C)O3)cn1. The third-order valence-electron chi connectivity index (χ3n) is 5.13. The van der Waals surface area contributed by atoms with Crippen molar-refractivity contribution in [2.24, 2.45) is 13.0 Å². The summed E-state index contributed by atoms with van der Waals surface area (Å²) in [6, 6.07) is 6.55. The lowest BCUT2D eigenvalue weighted by atomic mass is 9.97. The van der Waals surface area contributed by atoms with Gasteiger partial charge in [0.2, 0.25) is 0 Å². The van der Waals surface area contributed by atoms with Crippen LogP contribution in [0.3, 0.4) is 0 Å². The molecule has 1 saturated heterocycles. The summed E-state index contributed by atoms with van der Waals surface area (Å²) in [4.78, 5) is 0. The number of nitrogens with one attached hydrogen (secondary N) is 1. The van der Waals surface area contributed by atoms with E-state index in [9.17, 15) is 0 Å². The number of ether oxygens (including phenoxy) is 2. The van der Waals surface area contributed by atoms with Gasteiger partial charge in [0.1, 0.15) is 11.4 Å². The molecule has 3 heterocycles. The number of rotatable bonds is 5.